The molecule has 15 heavy (non-hydrogen) atoms. The summed E-state index contributed by atoms with van der Waals surface area (Å²) >= 11 is 1.91. The molecule has 0 aromatic carbocycles. The second-order valence-corrected chi connectivity index (χ2v) is 5.97. The van der Waals surface area contributed by atoms with Crippen LogP contribution in [0.1, 0.15) is 43.9 Å². The molecule has 2 atom stereocenters. The number of hydrogen-bond acceptors (Lipinski definition) is 2. The van der Waals surface area contributed by atoms with Crippen molar-refractivity contribution in [3.8, 4) is 0 Å². The van der Waals surface area contributed by atoms with Crippen molar-refractivity contribution in [2.24, 2.45) is 11.7 Å². The van der Waals surface area contributed by atoms with Crippen LogP contribution in [0.5, 0.6) is 0 Å². The smallest absolute Gasteiger partial charge is 0.0200 e. The number of hydrogen-bond donors (Lipinski definition) is 1. The minimum atomic E-state index is -0.0649. The fraction of sp³-hybridized carbons (Fsp3) is 0.692. The van der Waals surface area contributed by atoms with E-state index in [0.717, 1.165) is 19.3 Å². The predicted octanol–water partition coefficient (Wildman–Crippen LogP) is 3.62. The van der Waals surface area contributed by atoms with E-state index in [-0.39, 0.29) is 5.54 Å². The van der Waals surface area contributed by atoms with E-state index < -0.39 is 0 Å². The van der Waals surface area contributed by atoms with Gasteiger partial charge in [0, 0.05) is 15.3 Å². The normalized spacial score (nSPS) is 17.4. The Morgan fingerprint density at radius 3 is 2.40 bits per heavy atom. The van der Waals surface area contributed by atoms with Crippen LogP contribution < -0.4 is 5.73 Å². The minimum Gasteiger partial charge on any atom is -0.325 e. The summed E-state index contributed by atoms with van der Waals surface area (Å²) in [6.45, 7) is 8.83. The lowest BCUT2D eigenvalue weighted by atomic mass is 9.83. The Morgan fingerprint density at radius 1 is 1.33 bits per heavy atom. The summed E-state index contributed by atoms with van der Waals surface area (Å²) in [7, 11) is 0. The molecule has 0 aliphatic heterocycles. The predicted molar refractivity (Wildman–Crippen MR) is 69.4 cm³/mol. The Hall–Kier alpha value is -0.340. The molecule has 0 spiro atoms. The summed E-state index contributed by atoms with van der Waals surface area (Å²) in [4.78, 5) is 2.89. The van der Waals surface area contributed by atoms with Crippen molar-refractivity contribution >= 4 is 11.3 Å². The lowest BCUT2D eigenvalue weighted by Crippen LogP contribution is -2.44. The zero-order valence-corrected chi connectivity index (χ0v) is 11.2. The van der Waals surface area contributed by atoms with Gasteiger partial charge in [-0.05, 0) is 37.8 Å². The number of rotatable bonds is 5. The van der Waals surface area contributed by atoms with E-state index in [4.69, 9.17) is 5.73 Å². The maximum absolute atomic E-state index is 6.36. The van der Waals surface area contributed by atoms with E-state index >= 15 is 0 Å². The van der Waals surface area contributed by atoms with Gasteiger partial charge < -0.3 is 5.73 Å². The second kappa shape index (κ2) is 5.13. The summed E-state index contributed by atoms with van der Waals surface area (Å²) in [6, 6.07) is 4.46. The number of nitrogens with two attached hydrogens (primary N) is 1. The van der Waals surface area contributed by atoms with Gasteiger partial charge in [-0.2, -0.15) is 0 Å². The van der Waals surface area contributed by atoms with Gasteiger partial charge in [0.1, 0.15) is 0 Å². The quantitative estimate of drug-likeness (QED) is 0.814. The summed E-state index contributed by atoms with van der Waals surface area (Å²) in [5.41, 5.74) is 6.30. The summed E-state index contributed by atoms with van der Waals surface area (Å²) in [5, 5.41) is 0. The Labute approximate surface area is 97.7 Å². The van der Waals surface area contributed by atoms with Crippen molar-refractivity contribution in [3.63, 3.8) is 0 Å². The molecule has 0 aliphatic carbocycles. The first-order valence-electron chi connectivity index (χ1n) is 5.86. The Kier molecular flexibility index (Phi) is 4.35. The monoisotopic (exact) mass is 225 g/mol. The molecule has 2 heteroatoms. The first-order chi connectivity index (χ1) is 6.99. The molecular formula is C13H23NS. The molecule has 0 saturated carbocycles. The van der Waals surface area contributed by atoms with E-state index in [1.54, 1.807) is 0 Å². The SMILES string of the molecule is CCc1ccc(CC(C)(N)C(C)CC)s1. The second-order valence-electron chi connectivity index (χ2n) is 4.71. The maximum atomic E-state index is 6.36. The molecule has 2 N–H and O–H groups in total. The molecule has 1 rings (SSSR count). The first kappa shape index (κ1) is 12.7. The highest BCUT2D eigenvalue weighted by Gasteiger charge is 2.25. The topological polar surface area (TPSA) is 26.0 Å². The van der Waals surface area contributed by atoms with Crippen LogP contribution in [0.15, 0.2) is 12.1 Å². The first-order valence-corrected chi connectivity index (χ1v) is 6.67. The van der Waals surface area contributed by atoms with Crippen LogP contribution in [-0.2, 0) is 12.8 Å². The summed E-state index contributed by atoms with van der Waals surface area (Å²) in [5.74, 6) is 0.574. The molecule has 0 amide bonds. The molecule has 0 aliphatic rings. The number of aryl methyl sites for hydroxylation is 1. The van der Waals surface area contributed by atoms with Gasteiger partial charge in [0.2, 0.25) is 0 Å². The third kappa shape index (κ3) is 3.32. The van der Waals surface area contributed by atoms with Gasteiger partial charge >= 0.3 is 0 Å². The highest BCUT2D eigenvalue weighted by atomic mass is 32.1. The van der Waals surface area contributed by atoms with E-state index in [9.17, 15) is 0 Å². The fourth-order valence-electron chi connectivity index (χ4n) is 1.72. The Bertz CT molecular complexity index is 301. The van der Waals surface area contributed by atoms with Crippen molar-refractivity contribution in [2.45, 2.75) is 52.5 Å². The molecule has 2 unspecified atom stereocenters. The standard InChI is InChI=1S/C13H23NS/c1-5-10(3)13(4,14)9-12-8-7-11(6-2)15-12/h7-8,10H,5-6,9,14H2,1-4H3. The van der Waals surface area contributed by atoms with E-state index in [1.165, 1.54) is 9.75 Å². The lowest BCUT2D eigenvalue weighted by Gasteiger charge is -2.30. The highest BCUT2D eigenvalue weighted by molar-refractivity contribution is 7.12. The molecule has 0 radical (unpaired) electrons. The van der Waals surface area contributed by atoms with Crippen LogP contribution in [0.25, 0.3) is 0 Å². The molecule has 86 valence electrons. The van der Waals surface area contributed by atoms with Crippen molar-refractivity contribution in [2.75, 3.05) is 0 Å². The summed E-state index contributed by atoms with van der Waals surface area (Å²) < 4.78 is 0. The van der Waals surface area contributed by atoms with E-state index in [1.807, 2.05) is 11.3 Å². The van der Waals surface area contributed by atoms with Crippen molar-refractivity contribution in [1.29, 1.82) is 0 Å². The zero-order chi connectivity index (χ0) is 11.5. The van der Waals surface area contributed by atoms with Crippen LogP contribution in [0.4, 0.5) is 0 Å². The molecule has 1 aromatic heterocycles. The molecule has 1 heterocycles. The average Bonchev–Trinajstić information content (AvgIpc) is 2.63. The van der Waals surface area contributed by atoms with Gasteiger partial charge in [-0.15, -0.1) is 11.3 Å². The van der Waals surface area contributed by atoms with Gasteiger partial charge in [0.05, 0.1) is 0 Å². The average molecular weight is 225 g/mol. The largest absolute Gasteiger partial charge is 0.325 e. The summed E-state index contributed by atoms with van der Waals surface area (Å²) in [6.07, 6.45) is 3.29. The van der Waals surface area contributed by atoms with Crippen LogP contribution in [0.2, 0.25) is 0 Å². The maximum Gasteiger partial charge on any atom is 0.0200 e. The van der Waals surface area contributed by atoms with Crippen molar-refractivity contribution < 1.29 is 0 Å². The van der Waals surface area contributed by atoms with Crippen molar-refractivity contribution in [1.82, 2.24) is 0 Å². The highest BCUT2D eigenvalue weighted by Crippen LogP contribution is 2.26. The molecule has 0 saturated heterocycles. The zero-order valence-electron chi connectivity index (χ0n) is 10.3. The van der Waals surface area contributed by atoms with Crippen LogP contribution >= 0.6 is 11.3 Å². The van der Waals surface area contributed by atoms with Crippen LogP contribution in [0.3, 0.4) is 0 Å². The van der Waals surface area contributed by atoms with Gasteiger partial charge in [0.15, 0.2) is 0 Å². The van der Waals surface area contributed by atoms with Gasteiger partial charge in [-0.3, -0.25) is 0 Å². The van der Waals surface area contributed by atoms with Crippen LogP contribution in [0, 0.1) is 5.92 Å². The van der Waals surface area contributed by atoms with Gasteiger partial charge in [-0.25, -0.2) is 0 Å². The molecule has 0 bridgehead atoms. The van der Waals surface area contributed by atoms with Gasteiger partial charge in [0.25, 0.3) is 0 Å². The van der Waals surface area contributed by atoms with Gasteiger partial charge in [-0.1, -0.05) is 27.2 Å². The third-order valence-corrected chi connectivity index (χ3v) is 4.59. The van der Waals surface area contributed by atoms with Crippen LogP contribution in [-0.4, -0.2) is 5.54 Å². The molecule has 0 fully saturated rings. The minimum absolute atomic E-state index is 0.0649. The van der Waals surface area contributed by atoms with E-state index in [0.29, 0.717) is 5.92 Å². The third-order valence-electron chi connectivity index (χ3n) is 3.36. The fourth-order valence-corrected chi connectivity index (χ4v) is 2.86. The Balaban J connectivity index is 2.68. The number of thiophene rings is 1. The molecular weight excluding hydrogens is 202 g/mol. The van der Waals surface area contributed by atoms with Crippen molar-refractivity contribution in [3.05, 3.63) is 21.9 Å². The Morgan fingerprint density at radius 2 is 1.93 bits per heavy atom. The molecule has 1 nitrogen and oxygen atoms in total. The lowest BCUT2D eigenvalue weighted by molar-refractivity contribution is 0.308. The van der Waals surface area contributed by atoms with E-state index in [2.05, 4.69) is 39.8 Å². The molecule has 1 aromatic rings.